The average Bonchev–Trinajstić information content (AvgIpc) is 2.89. The summed E-state index contributed by atoms with van der Waals surface area (Å²) in [6.07, 6.45) is 0. The number of esters is 1. The molecule has 0 saturated heterocycles. The van der Waals surface area contributed by atoms with Crippen LogP contribution in [0.3, 0.4) is 0 Å². The molecule has 0 aliphatic rings. The summed E-state index contributed by atoms with van der Waals surface area (Å²) in [6, 6.07) is 11.6. The van der Waals surface area contributed by atoms with Gasteiger partial charge in [0.25, 0.3) is 0 Å². The molecular formula is C17H16N2O3S2. The fraction of sp³-hybridized carbons (Fsp3) is 0.235. The van der Waals surface area contributed by atoms with Crippen LogP contribution >= 0.6 is 23.1 Å². The zero-order valence-corrected chi connectivity index (χ0v) is 14.9. The second-order valence-electron chi connectivity index (χ2n) is 4.74. The molecule has 124 valence electrons. The molecule has 1 aromatic heterocycles. The molecule has 1 amide bonds. The molecule has 0 bridgehead atoms. The minimum Gasteiger partial charge on any atom is -0.462 e. The average molecular weight is 360 g/mol. The minimum absolute atomic E-state index is 0.223. The van der Waals surface area contributed by atoms with E-state index in [0.29, 0.717) is 21.0 Å². The van der Waals surface area contributed by atoms with Gasteiger partial charge < -0.3 is 10.1 Å². The summed E-state index contributed by atoms with van der Waals surface area (Å²) < 4.78 is 4.98. The van der Waals surface area contributed by atoms with Crippen molar-refractivity contribution in [3.63, 3.8) is 0 Å². The number of nitrogens with one attached hydrogen (secondary N) is 1. The van der Waals surface area contributed by atoms with Gasteiger partial charge in [-0.3, -0.25) is 4.79 Å². The number of hydrogen-bond donors (Lipinski definition) is 1. The van der Waals surface area contributed by atoms with E-state index >= 15 is 0 Å². The number of nitriles is 1. The molecular weight excluding hydrogens is 344 g/mol. The highest BCUT2D eigenvalue weighted by Gasteiger charge is 2.22. The summed E-state index contributed by atoms with van der Waals surface area (Å²) in [5.74, 6) is -0.478. The lowest BCUT2D eigenvalue weighted by Crippen LogP contribution is -2.13. The van der Waals surface area contributed by atoms with Gasteiger partial charge in [-0.25, -0.2) is 4.79 Å². The first-order chi connectivity index (χ1) is 11.6. The zero-order valence-electron chi connectivity index (χ0n) is 13.3. The van der Waals surface area contributed by atoms with E-state index in [9.17, 15) is 14.9 Å². The van der Waals surface area contributed by atoms with Crippen molar-refractivity contribution in [3.05, 3.63) is 46.3 Å². The van der Waals surface area contributed by atoms with Crippen molar-refractivity contribution < 1.29 is 14.3 Å². The SMILES string of the molecule is CCOC(=O)c1sc(NC(=O)CSc2ccccc2)c(C#N)c1C. The Morgan fingerprint density at radius 3 is 2.67 bits per heavy atom. The normalized spacial score (nSPS) is 10.0. The van der Waals surface area contributed by atoms with Gasteiger partial charge in [0.1, 0.15) is 15.9 Å². The Balaban J connectivity index is 2.08. The molecule has 1 aromatic carbocycles. The van der Waals surface area contributed by atoms with Crippen LogP contribution in [-0.2, 0) is 9.53 Å². The molecule has 5 nitrogen and oxygen atoms in total. The second-order valence-corrected chi connectivity index (χ2v) is 6.81. The van der Waals surface area contributed by atoms with Crippen LogP contribution in [0.15, 0.2) is 35.2 Å². The number of nitrogens with zero attached hydrogens (tertiary/aromatic N) is 1. The van der Waals surface area contributed by atoms with E-state index in [2.05, 4.69) is 5.32 Å². The standard InChI is InChI=1S/C17H16N2O3S2/c1-3-22-17(21)15-11(2)13(9-18)16(24-15)19-14(20)10-23-12-7-5-4-6-8-12/h4-8H,3,10H2,1-2H3,(H,19,20). The lowest BCUT2D eigenvalue weighted by Gasteiger charge is -2.03. The van der Waals surface area contributed by atoms with Crippen molar-refractivity contribution in [2.75, 3.05) is 17.7 Å². The Kier molecular flexibility index (Phi) is 6.41. The van der Waals surface area contributed by atoms with Gasteiger partial charge in [-0.2, -0.15) is 5.26 Å². The maximum absolute atomic E-state index is 12.1. The number of amides is 1. The Hall–Kier alpha value is -2.30. The van der Waals surface area contributed by atoms with Gasteiger partial charge in [0, 0.05) is 4.90 Å². The minimum atomic E-state index is -0.476. The van der Waals surface area contributed by atoms with Gasteiger partial charge in [0.15, 0.2) is 0 Å². The number of carbonyl (C=O) groups is 2. The van der Waals surface area contributed by atoms with Crippen LogP contribution in [0.25, 0.3) is 0 Å². The first-order valence-electron chi connectivity index (χ1n) is 7.25. The highest BCUT2D eigenvalue weighted by Crippen LogP contribution is 2.33. The summed E-state index contributed by atoms with van der Waals surface area (Å²) in [6.45, 7) is 3.65. The molecule has 1 heterocycles. The van der Waals surface area contributed by atoms with E-state index in [1.165, 1.54) is 11.8 Å². The van der Waals surface area contributed by atoms with Crippen LogP contribution in [0.4, 0.5) is 5.00 Å². The zero-order chi connectivity index (χ0) is 17.5. The van der Waals surface area contributed by atoms with Gasteiger partial charge in [0.05, 0.1) is 17.9 Å². The maximum atomic E-state index is 12.1. The Labute approximate surface area is 148 Å². The number of benzene rings is 1. The first kappa shape index (κ1) is 18.0. The first-order valence-corrected chi connectivity index (χ1v) is 9.05. The van der Waals surface area contributed by atoms with Crippen LogP contribution in [0.2, 0.25) is 0 Å². The van der Waals surface area contributed by atoms with Crippen LogP contribution in [0, 0.1) is 18.3 Å². The number of carbonyl (C=O) groups excluding carboxylic acids is 2. The largest absolute Gasteiger partial charge is 0.462 e. The van der Waals surface area contributed by atoms with Crippen LogP contribution in [0.5, 0.6) is 0 Å². The highest BCUT2D eigenvalue weighted by atomic mass is 32.2. The molecule has 2 aromatic rings. The van der Waals surface area contributed by atoms with E-state index in [0.717, 1.165) is 16.2 Å². The number of thioether (sulfide) groups is 1. The molecule has 1 N–H and O–H groups in total. The molecule has 7 heteroatoms. The molecule has 0 atom stereocenters. The summed E-state index contributed by atoms with van der Waals surface area (Å²) in [5.41, 5.74) is 0.841. The molecule has 2 rings (SSSR count). The molecule has 0 aliphatic carbocycles. The Morgan fingerprint density at radius 1 is 1.33 bits per heavy atom. The van der Waals surface area contributed by atoms with Gasteiger partial charge in [-0.15, -0.1) is 23.1 Å². The van der Waals surface area contributed by atoms with Crippen molar-refractivity contribution in [1.82, 2.24) is 0 Å². The number of rotatable bonds is 6. The van der Waals surface area contributed by atoms with Gasteiger partial charge >= 0.3 is 5.97 Å². The quantitative estimate of drug-likeness (QED) is 0.625. The molecule has 0 unspecified atom stereocenters. The molecule has 0 aliphatic heterocycles. The van der Waals surface area contributed by atoms with Gasteiger partial charge in [-0.05, 0) is 31.5 Å². The van der Waals surface area contributed by atoms with E-state index in [1.807, 2.05) is 36.4 Å². The van der Waals surface area contributed by atoms with E-state index < -0.39 is 5.97 Å². The molecule has 24 heavy (non-hydrogen) atoms. The molecule has 0 saturated carbocycles. The smallest absolute Gasteiger partial charge is 0.348 e. The van der Waals surface area contributed by atoms with Crippen LogP contribution in [-0.4, -0.2) is 24.2 Å². The Bertz CT molecular complexity index is 779. The third-order valence-corrected chi connectivity index (χ3v) is 5.28. The third kappa shape index (κ3) is 4.37. The van der Waals surface area contributed by atoms with E-state index in [1.54, 1.807) is 13.8 Å². The lowest BCUT2D eigenvalue weighted by molar-refractivity contribution is -0.113. The third-order valence-electron chi connectivity index (χ3n) is 3.09. The molecule has 0 fully saturated rings. The van der Waals surface area contributed by atoms with Crippen LogP contribution < -0.4 is 5.32 Å². The monoisotopic (exact) mass is 360 g/mol. The van der Waals surface area contributed by atoms with Crippen molar-refractivity contribution >= 4 is 40.0 Å². The summed E-state index contributed by atoms with van der Waals surface area (Å²) in [7, 11) is 0. The molecule has 0 spiro atoms. The summed E-state index contributed by atoms with van der Waals surface area (Å²) >= 11 is 2.48. The number of hydrogen-bond acceptors (Lipinski definition) is 6. The maximum Gasteiger partial charge on any atom is 0.348 e. The second kappa shape index (κ2) is 8.52. The van der Waals surface area contributed by atoms with Gasteiger partial charge in [0.2, 0.25) is 5.91 Å². The fourth-order valence-corrected chi connectivity index (χ4v) is 3.74. The highest BCUT2D eigenvalue weighted by molar-refractivity contribution is 8.00. The number of ether oxygens (including phenoxy) is 1. The fourth-order valence-electron chi connectivity index (χ4n) is 1.96. The lowest BCUT2D eigenvalue weighted by atomic mass is 10.2. The number of anilines is 1. The molecule has 0 radical (unpaired) electrons. The van der Waals surface area contributed by atoms with Crippen molar-refractivity contribution in [2.45, 2.75) is 18.7 Å². The topological polar surface area (TPSA) is 79.2 Å². The van der Waals surface area contributed by atoms with E-state index in [-0.39, 0.29) is 18.3 Å². The van der Waals surface area contributed by atoms with Gasteiger partial charge in [-0.1, -0.05) is 18.2 Å². The predicted octanol–water partition coefficient (Wildman–Crippen LogP) is 3.84. The summed E-state index contributed by atoms with van der Waals surface area (Å²) in [4.78, 5) is 25.4. The predicted molar refractivity (Wildman–Crippen MR) is 95.5 cm³/mol. The van der Waals surface area contributed by atoms with E-state index in [4.69, 9.17) is 4.74 Å². The number of thiophene rings is 1. The van der Waals surface area contributed by atoms with Crippen molar-refractivity contribution in [1.29, 1.82) is 5.26 Å². The summed E-state index contributed by atoms with van der Waals surface area (Å²) in [5, 5.41) is 12.4. The van der Waals surface area contributed by atoms with Crippen molar-refractivity contribution in [3.8, 4) is 6.07 Å². The Morgan fingerprint density at radius 2 is 2.04 bits per heavy atom. The van der Waals surface area contributed by atoms with Crippen molar-refractivity contribution in [2.24, 2.45) is 0 Å². The van der Waals surface area contributed by atoms with Crippen LogP contribution in [0.1, 0.15) is 27.7 Å².